The summed E-state index contributed by atoms with van der Waals surface area (Å²) in [6.07, 6.45) is 3.73. The highest BCUT2D eigenvalue weighted by atomic mass is 16.1. The van der Waals surface area contributed by atoms with Crippen LogP contribution in [0.3, 0.4) is 0 Å². The highest BCUT2D eigenvalue weighted by Gasteiger charge is 2.12. The van der Waals surface area contributed by atoms with Crippen LogP contribution in [-0.2, 0) is 6.42 Å². The summed E-state index contributed by atoms with van der Waals surface area (Å²) in [5.74, 6) is 0. The number of aromatic nitrogens is 2. The van der Waals surface area contributed by atoms with Gasteiger partial charge in [0.15, 0.2) is 6.29 Å². The number of benzene rings is 1. The summed E-state index contributed by atoms with van der Waals surface area (Å²) in [6.45, 7) is 2.12. The Bertz CT molecular complexity index is 726. The van der Waals surface area contributed by atoms with E-state index in [0.717, 1.165) is 29.6 Å². The molecule has 0 spiro atoms. The minimum atomic E-state index is 0.597. The van der Waals surface area contributed by atoms with E-state index < -0.39 is 0 Å². The first kappa shape index (κ1) is 11.7. The fourth-order valence-electron chi connectivity index (χ4n) is 2.24. The number of rotatable bonds is 3. The number of aryl methyl sites for hydroxylation is 1. The Hall–Kier alpha value is -2.42. The van der Waals surface area contributed by atoms with Crippen molar-refractivity contribution in [2.45, 2.75) is 13.3 Å². The molecule has 3 rings (SSSR count). The first-order valence-electron chi connectivity index (χ1n) is 6.35. The summed E-state index contributed by atoms with van der Waals surface area (Å²) in [5, 5.41) is 0. The van der Waals surface area contributed by atoms with Crippen molar-refractivity contribution >= 4 is 11.9 Å². The number of hydrogen-bond acceptors (Lipinski definition) is 2. The van der Waals surface area contributed by atoms with Gasteiger partial charge in [-0.2, -0.15) is 0 Å². The summed E-state index contributed by atoms with van der Waals surface area (Å²) in [5.41, 5.74) is 4.38. The molecule has 0 radical (unpaired) electrons. The molecule has 3 aromatic rings. The van der Waals surface area contributed by atoms with E-state index in [1.807, 2.05) is 40.9 Å². The molecule has 0 unspecified atom stereocenters. The topological polar surface area (TPSA) is 34.4 Å². The maximum absolute atomic E-state index is 11.3. The number of pyridine rings is 1. The van der Waals surface area contributed by atoms with Crippen LogP contribution in [0.4, 0.5) is 0 Å². The van der Waals surface area contributed by atoms with Crippen LogP contribution in [-0.4, -0.2) is 15.7 Å². The van der Waals surface area contributed by atoms with Crippen molar-refractivity contribution in [1.82, 2.24) is 9.38 Å². The lowest BCUT2D eigenvalue weighted by Crippen LogP contribution is -1.91. The number of aldehydes is 1. The van der Waals surface area contributed by atoms with Gasteiger partial charge < -0.3 is 0 Å². The number of hydrogen-bond donors (Lipinski definition) is 0. The quantitative estimate of drug-likeness (QED) is 0.668. The van der Waals surface area contributed by atoms with Crippen LogP contribution in [0.1, 0.15) is 23.0 Å². The zero-order chi connectivity index (χ0) is 13.2. The van der Waals surface area contributed by atoms with E-state index in [4.69, 9.17) is 0 Å². The monoisotopic (exact) mass is 250 g/mol. The van der Waals surface area contributed by atoms with E-state index in [0.29, 0.717) is 5.69 Å². The fraction of sp³-hybridized carbons (Fsp3) is 0.125. The predicted molar refractivity (Wildman–Crippen MR) is 75.4 cm³/mol. The molecule has 3 nitrogen and oxygen atoms in total. The van der Waals surface area contributed by atoms with Gasteiger partial charge in [0.25, 0.3) is 0 Å². The third kappa shape index (κ3) is 1.93. The van der Waals surface area contributed by atoms with Gasteiger partial charge in [-0.25, -0.2) is 4.98 Å². The van der Waals surface area contributed by atoms with Crippen LogP contribution in [0.2, 0.25) is 0 Å². The zero-order valence-electron chi connectivity index (χ0n) is 10.7. The SMILES string of the molecule is CCc1ccc(-c2nc3ccccn3c2C=O)cc1. The zero-order valence-corrected chi connectivity index (χ0v) is 10.7. The lowest BCUT2D eigenvalue weighted by atomic mass is 10.1. The van der Waals surface area contributed by atoms with E-state index in [1.165, 1.54) is 5.56 Å². The minimum Gasteiger partial charge on any atom is -0.297 e. The molecule has 0 saturated carbocycles. The van der Waals surface area contributed by atoms with Crippen LogP contribution in [0.15, 0.2) is 48.7 Å². The van der Waals surface area contributed by atoms with Crippen LogP contribution >= 0.6 is 0 Å². The molecule has 0 atom stereocenters. The molecule has 0 amide bonds. The van der Waals surface area contributed by atoms with Gasteiger partial charge >= 0.3 is 0 Å². The van der Waals surface area contributed by atoms with Gasteiger partial charge in [-0.1, -0.05) is 37.3 Å². The molecule has 2 heterocycles. The second-order valence-electron chi connectivity index (χ2n) is 4.44. The number of imidazole rings is 1. The molecule has 0 bridgehead atoms. The van der Waals surface area contributed by atoms with Crippen molar-refractivity contribution in [3.05, 3.63) is 59.9 Å². The van der Waals surface area contributed by atoms with Crippen molar-refractivity contribution in [2.24, 2.45) is 0 Å². The van der Waals surface area contributed by atoms with E-state index in [2.05, 4.69) is 24.0 Å². The molecule has 0 aliphatic carbocycles. The van der Waals surface area contributed by atoms with Crippen LogP contribution in [0.5, 0.6) is 0 Å². The van der Waals surface area contributed by atoms with Gasteiger partial charge in [-0.15, -0.1) is 0 Å². The lowest BCUT2D eigenvalue weighted by molar-refractivity contribution is 0.111. The number of fused-ring (bicyclic) bond motifs is 1. The molecule has 19 heavy (non-hydrogen) atoms. The summed E-state index contributed by atoms with van der Waals surface area (Å²) in [7, 11) is 0. The van der Waals surface area contributed by atoms with Gasteiger partial charge in [0.1, 0.15) is 17.0 Å². The maximum Gasteiger partial charge on any atom is 0.169 e. The molecule has 0 saturated heterocycles. The Balaban J connectivity index is 2.20. The average Bonchev–Trinajstić information content (AvgIpc) is 2.85. The Morgan fingerprint density at radius 2 is 1.95 bits per heavy atom. The van der Waals surface area contributed by atoms with Crippen LogP contribution in [0, 0.1) is 0 Å². The standard InChI is InChI=1S/C16H14N2O/c1-2-12-6-8-13(9-7-12)16-14(11-19)18-10-4-3-5-15(18)17-16/h3-11H,2H2,1H3. The predicted octanol–water partition coefficient (Wildman–Crippen LogP) is 3.38. The van der Waals surface area contributed by atoms with Crippen LogP contribution in [0.25, 0.3) is 16.9 Å². The van der Waals surface area contributed by atoms with Crippen molar-refractivity contribution in [1.29, 1.82) is 0 Å². The largest absolute Gasteiger partial charge is 0.297 e. The Morgan fingerprint density at radius 3 is 2.63 bits per heavy atom. The van der Waals surface area contributed by atoms with E-state index in [9.17, 15) is 4.79 Å². The third-order valence-electron chi connectivity index (χ3n) is 3.31. The Labute approximate surface area is 111 Å². The molecule has 94 valence electrons. The minimum absolute atomic E-state index is 0.597. The smallest absolute Gasteiger partial charge is 0.169 e. The molecule has 3 heteroatoms. The molecular formula is C16H14N2O. The van der Waals surface area contributed by atoms with Crippen molar-refractivity contribution < 1.29 is 4.79 Å². The Morgan fingerprint density at radius 1 is 1.16 bits per heavy atom. The fourth-order valence-corrected chi connectivity index (χ4v) is 2.24. The lowest BCUT2D eigenvalue weighted by Gasteiger charge is -2.00. The molecule has 2 aromatic heterocycles. The number of carbonyl (C=O) groups excluding carboxylic acids is 1. The molecular weight excluding hydrogens is 236 g/mol. The molecule has 0 fully saturated rings. The average molecular weight is 250 g/mol. The maximum atomic E-state index is 11.3. The molecule has 1 aromatic carbocycles. The number of carbonyl (C=O) groups is 1. The molecule has 0 aliphatic heterocycles. The second kappa shape index (κ2) is 4.69. The van der Waals surface area contributed by atoms with Crippen LogP contribution < -0.4 is 0 Å². The van der Waals surface area contributed by atoms with E-state index in [-0.39, 0.29) is 0 Å². The molecule has 0 N–H and O–H groups in total. The Kier molecular flexibility index (Phi) is 2.88. The van der Waals surface area contributed by atoms with Gasteiger partial charge in [0.05, 0.1) is 0 Å². The first-order chi connectivity index (χ1) is 9.33. The first-order valence-corrected chi connectivity index (χ1v) is 6.35. The highest BCUT2D eigenvalue weighted by Crippen LogP contribution is 2.23. The second-order valence-corrected chi connectivity index (χ2v) is 4.44. The van der Waals surface area contributed by atoms with Gasteiger partial charge in [-0.3, -0.25) is 9.20 Å². The highest BCUT2D eigenvalue weighted by molar-refractivity contribution is 5.86. The van der Waals surface area contributed by atoms with Gasteiger partial charge in [0.2, 0.25) is 0 Å². The van der Waals surface area contributed by atoms with E-state index >= 15 is 0 Å². The van der Waals surface area contributed by atoms with Crippen molar-refractivity contribution in [3.8, 4) is 11.3 Å². The van der Waals surface area contributed by atoms with Crippen molar-refractivity contribution in [2.75, 3.05) is 0 Å². The number of nitrogens with zero attached hydrogens (tertiary/aromatic N) is 2. The normalized spacial score (nSPS) is 10.8. The summed E-state index contributed by atoms with van der Waals surface area (Å²) < 4.78 is 1.82. The van der Waals surface area contributed by atoms with Gasteiger partial charge in [0, 0.05) is 11.8 Å². The van der Waals surface area contributed by atoms with Crippen molar-refractivity contribution in [3.63, 3.8) is 0 Å². The van der Waals surface area contributed by atoms with Gasteiger partial charge in [-0.05, 0) is 24.1 Å². The molecule has 0 aliphatic rings. The summed E-state index contributed by atoms with van der Waals surface area (Å²) in [4.78, 5) is 15.9. The summed E-state index contributed by atoms with van der Waals surface area (Å²) in [6, 6.07) is 13.9. The third-order valence-corrected chi connectivity index (χ3v) is 3.31. The van der Waals surface area contributed by atoms with E-state index in [1.54, 1.807) is 0 Å². The summed E-state index contributed by atoms with van der Waals surface area (Å²) >= 11 is 0.